The van der Waals surface area contributed by atoms with Crippen molar-refractivity contribution in [3.8, 4) is 0 Å². The Labute approximate surface area is 88.0 Å². The van der Waals surface area contributed by atoms with Crippen molar-refractivity contribution in [1.82, 2.24) is 10.2 Å². The van der Waals surface area contributed by atoms with Crippen molar-refractivity contribution in [2.45, 2.75) is 64.7 Å². The molecule has 1 heterocycles. The molecule has 1 saturated heterocycles. The van der Waals surface area contributed by atoms with E-state index in [0.717, 1.165) is 6.67 Å². The number of nitrogens with one attached hydrogen (secondary N) is 1. The van der Waals surface area contributed by atoms with Gasteiger partial charge in [0.25, 0.3) is 0 Å². The van der Waals surface area contributed by atoms with Gasteiger partial charge in [0, 0.05) is 5.54 Å². The Balaban J connectivity index is 2.20. The molecule has 0 aromatic heterocycles. The molecule has 84 valence electrons. The number of nitrogens with two attached hydrogens (primary N) is 1. The smallest absolute Gasteiger partial charge is 0.114 e. The third-order valence-electron chi connectivity index (χ3n) is 3.23. The van der Waals surface area contributed by atoms with Crippen LogP contribution in [0.2, 0.25) is 0 Å². The van der Waals surface area contributed by atoms with Gasteiger partial charge < -0.3 is 5.73 Å². The molecule has 1 fully saturated rings. The number of rotatable bonds is 6. The van der Waals surface area contributed by atoms with E-state index in [1.54, 1.807) is 0 Å². The molecule has 1 unspecified atom stereocenters. The van der Waals surface area contributed by atoms with Crippen molar-refractivity contribution in [3.63, 3.8) is 0 Å². The summed E-state index contributed by atoms with van der Waals surface area (Å²) in [7, 11) is 0. The van der Waals surface area contributed by atoms with Crippen LogP contribution in [0.1, 0.15) is 52.9 Å². The third kappa shape index (κ3) is 2.94. The second kappa shape index (κ2) is 5.10. The van der Waals surface area contributed by atoms with E-state index in [4.69, 9.17) is 5.73 Å². The maximum atomic E-state index is 5.85. The average molecular weight is 199 g/mol. The molecule has 1 aliphatic heterocycles. The summed E-state index contributed by atoms with van der Waals surface area (Å²) in [6.07, 6.45) is 6.69. The zero-order valence-corrected chi connectivity index (χ0v) is 9.84. The van der Waals surface area contributed by atoms with Gasteiger partial charge in [0.15, 0.2) is 0 Å². The highest BCUT2D eigenvalue weighted by atomic mass is 15.5. The van der Waals surface area contributed by atoms with Gasteiger partial charge in [0.1, 0.15) is 6.29 Å². The first-order valence-electron chi connectivity index (χ1n) is 5.83. The predicted molar refractivity (Wildman–Crippen MR) is 60.7 cm³/mol. The fourth-order valence-corrected chi connectivity index (χ4v) is 2.01. The van der Waals surface area contributed by atoms with Gasteiger partial charge in [-0.05, 0) is 20.3 Å². The third-order valence-corrected chi connectivity index (χ3v) is 3.23. The summed E-state index contributed by atoms with van der Waals surface area (Å²) < 4.78 is 0. The van der Waals surface area contributed by atoms with Crippen LogP contribution in [0.15, 0.2) is 0 Å². The molecule has 0 amide bonds. The molecule has 3 nitrogen and oxygen atoms in total. The first-order chi connectivity index (χ1) is 6.58. The summed E-state index contributed by atoms with van der Waals surface area (Å²) in [5, 5.41) is 3.17. The van der Waals surface area contributed by atoms with Crippen molar-refractivity contribution in [3.05, 3.63) is 0 Å². The van der Waals surface area contributed by atoms with Gasteiger partial charge in [-0.15, -0.1) is 0 Å². The molecule has 14 heavy (non-hydrogen) atoms. The van der Waals surface area contributed by atoms with Crippen molar-refractivity contribution in [2.75, 3.05) is 6.67 Å². The van der Waals surface area contributed by atoms with Crippen LogP contribution in [-0.2, 0) is 0 Å². The SMILES string of the molecule is CCCCCCC(C)(C)N1CNC1N. The molecule has 0 aromatic carbocycles. The van der Waals surface area contributed by atoms with E-state index in [1.165, 1.54) is 32.1 Å². The molecule has 0 aliphatic carbocycles. The minimum absolute atomic E-state index is 0.0798. The topological polar surface area (TPSA) is 41.3 Å². The molecule has 3 N–H and O–H groups in total. The van der Waals surface area contributed by atoms with Crippen molar-refractivity contribution in [1.29, 1.82) is 0 Å². The Morgan fingerprint density at radius 3 is 2.50 bits per heavy atom. The van der Waals surface area contributed by atoms with Crippen LogP contribution >= 0.6 is 0 Å². The first-order valence-corrected chi connectivity index (χ1v) is 5.83. The summed E-state index contributed by atoms with van der Waals surface area (Å²) >= 11 is 0. The lowest BCUT2D eigenvalue weighted by atomic mass is 9.93. The highest BCUT2D eigenvalue weighted by molar-refractivity contribution is 4.88. The van der Waals surface area contributed by atoms with Crippen LogP contribution in [0.3, 0.4) is 0 Å². The Morgan fingerprint density at radius 1 is 1.36 bits per heavy atom. The summed E-state index contributed by atoms with van der Waals surface area (Å²) in [6, 6.07) is 0. The summed E-state index contributed by atoms with van der Waals surface area (Å²) in [5.74, 6) is 0. The largest absolute Gasteiger partial charge is 0.303 e. The average Bonchev–Trinajstić information content (AvgIpc) is 2.09. The molecule has 1 rings (SSSR count). The van der Waals surface area contributed by atoms with Gasteiger partial charge >= 0.3 is 0 Å². The quantitative estimate of drug-likeness (QED) is 0.641. The van der Waals surface area contributed by atoms with E-state index in [9.17, 15) is 0 Å². The molecule has 0 spiro atoms. The van der Waals surface area contributed by atoms with Crippen LogP contribution in [0.25, 0.3) is 0 Å². The minimum atomic E-state index is 0.0798. The second-order valence-electron chi connectivity index (χ2n) is 4.90. The van der Waals surface area contributed by atoms with E-state index in [0.29, 0.717) is 0 Å². The maximum absolute atomic E-state index is 5.85. The van der Waals surface area contributed by atoms with E-state index >= 15 is 0 Å². The van der Waals surface area contributed by atoms with Crippen LogP contribution in [0.4, 0.5) is 0 Å². The fraction of sp³-hybridized carbons (Fsp3) is 1.00. The zero-order valence-electron chi connectivity index (χ0n) is 9.84. The van der Waals surface area contributed by atoms with Gasteiger partial charge in [-0.3, -0.25) is 10.2 Å². The highest BCUT2D eigenvalue weighted by Gasteiger charge is 2.35. The van der Waals surface area contributed by atoms with Gasteiger partial charge in [-0.1, -0.05) is 32.6 Å². The Hall–Kier alpha value is -0.120. The van der Waals surface area contributed by atoms with E-state index < -0.39 is 0 Å². The van der Waals surface area contributed by atoms with Gasteiger partial charge in [-0.2, -0.15) is 0 Å². The standard InChI is InChI=1S/C11H25N3/c1-4-5-6-7-8-11(2,3)14-9-13-10(14)12/h10,13H,4-9,12H2,1-3H3. The molecule has 0 saturated carbocycles. The molecule has 3 heteroatoms. The summed E-state index contributed by atoms with van der Waals surface area (Å²) in [5.41, 5.74) is 6.12. The molecule has 0 radical (unpaired) electrons. The Bertz CT molecular complexity index is 168. The second-order valence-corrected chi connectivity index (χ2v) is 4.90. The van der Waals surface area contributed by atoms with Crippen LogP contribution in [-0.4, -0.2) is 23.4 Å². The van der Waals surface area contributed by atoms with Gasteiger partial charge in [0.05, 0.1) is 6.67 Å². The van der Waals surface area contributed by atoms with Crippen LogP contribution in [0, 0.1) is 0 Å². The van der Waals surface area contributed by atoms with E-state index in [2.05, 4.69) is 31.0 Å². The molecule has 0 bridgehead atoms. The number of unbranched alkanes of at least 4 members (excludes halogenated alkanes) is 3. The van der Waals surface area contributed by atoms with Gasteiger partial charge in [-0.25, -0.2) is 0 Å². The van der Waals surface area contributed by atoms with Crippen molar-refractivity contribution in [2.24, 2.45) is 5.73 Å². The number of hydrogen-bond acceptors (Lipinski definition) is 3. The van der Waals surface area contributed by atoms with Crippen LogP contribution in [0.5, 0.6) is 0 Å². The van der Waals surface area contributed by atoms with Gasteiger partial charge in [0.2, 0.25) is 0 Å². The summed E-state index contributed by atoms with van der Waals surface area (Å²) in [4.78, 5) is 2.33. The first kappa shape index (κ1) is 12.0. The lowest BCUT2D eigenvalue weighted by Crippen LogP contribution is -2.72. The molecular weight excluding hydrogens is 174 g/mol. The Morgan fingerprint density at radius 2 is 2.07 bits per heavy atom. The van der Waals surface area contributed by atoms with E-state index in [-0.39, 0.29) is 11.8 Å². The zero-order chi connectivity index (χ0) is 10.6. The molecule has 1 atom stereocenters. The number of nitrogens with zero attached hydrogens (tertiary/aromatic N) is 1. The normalized spacial score (nSPS) is 23.6. The highest BCUT2D eigenvalue weighted by Crippen LogP contribution is 2.25. The summed E-state index contributed by atoms with van der Waals surface area (Å²) in [6.45, 7) is 7.78. The van der Waals surface area contributed by atoms with Crippen molar-refractivity contribution < 1.29 is 0 Å². The fourth-order valence-electron chi connectivity index (χ4n) is 2.01. The van der Waals surface area contributed by atoms with Crippen LogP contribution < -0.4 is 11.1 Å². The lowest BCUT2D eigenvalue weighted by molar-refractivity contribution is -0.0410. The number of hydrogen-bond donors (Lipinski definition) is 2. The maximum Gasteiger partial charge on any atom is 0.114 e. The lowest BCUT2D eigenvalue weighted by Gasteiger charge is -2.49. The molecule has 1 aliphatic rings. The minimum Gasteiger partial charge on any atom is -0.303 e. The Kier molecular flexibility index (Phi) is 4.35. The monoisotopic (exact) mass is 199 g/mol. The predicted octanol–water partition coefficient (Wildman–Crippen LogP) is 1.84. The van der Waals surface area contributed by atoms with E-state index in [1.807, 2.05) is 0 Å². The molecular formula is C11H25N3. The molecule has 0 aromatic rings. The van der Waals surface area contributed by atoms with Crippen molar-refractivity contribution >= 4 is 0 Å².